The summed E-state index contributed by atoms with van der Waals surface area (Å²) >= 11 is 6.44. The monoisotopic (exact) mass is 414 g/mol. The third-order valence-electron chi connectivity index (χ3n) is 5.97. The molecule has 0 spiro atoms. The fraction of sp³-hybridized carbons (Fsp3) is 0.240. The number of hydrazine groups is 1. The number of nitrogens with zero attached hydrogens (tertiary/aromatic N) is 3. The third kappa shape index (κ3) is 3.14. The van der Waals surface area contributed by atoms with Gasteiger partial charge in [-0.3, -0.25) is 5.01 Å². The van der Waals surface area contributed by atoms with Crippen LogP contribution in [0.25, 0.3) is 17.1 Å². The van der Waals surface area contributed by atoms with Gasteiger partial charge in [0.15, 0.2) is 11.6 Å². The molecular weight excluding hydrogens is 392 g/mol. The van der Waals surface area contributed by atoms with Crippen molar-refractivity contribution >= 4 is 23.1 Å². The largest absolute Gasteiger partial charge is 0.253 e. The summed E-state index contributed by atoms with van der Waals surface area (Å²) in [6.45, 7) is 2.19. The van der Waals surface area contributed by atoms with Crippen LogP contribution in [-0.2, 0) is 12.8 Å². The minimum atomic E-state index is 0.355. The van der Waals surface area contributed by atoms with Crippen LogP contribution in [0.4, 0.5) is 5.82 Å². The average molecular weight is 415 g/mol. The maximum Gasteiger partial charge on any atom is 0.163 e. The van der Waals surface area contributed by atoms with E-state index in [-0.39, 0.29) is 0 Å². The molecule has 2 aliphatic rings. The first-order valence-electron chi connectivity index (χ1n) is 10.4. The maximum absolute atomic E-state index is 6.72. The SMILES string of the molecule is CCC1C=C=C(N(N)c2nc(-c3ccccc3Cl)nc3c2CCC3)c2ccccc21. The molecule has 3 aromatic rings. The van der Waals surface area contributed by atoms with E-state index in [4.69, 9.17) is 27.4 Å². The number of nitrogens with two attached hydrogens (primary N) is 1. The molecule has 0 amide bonds. The first-order valence-corrected chi connectivity index (χ1v) is 10.8. The summed E-state index contributed by atoms with van der Waals surface area (Å²) in [5.74, 6) is 8.44. The standard InChI is InChI=1S/C25H23ClN4/c1-2-16-14-15-23(18-9-4-3-8-17(16)18)30(27)25-20-11-7-13-22(20)28-24(29-25)19-10-5-6-12-21(19)26/h3-6,8-10,12,14,16H,2,7,11,13,27H2,1H3. The lowest BCUT2D eigenvalue weighted by atomic mass is 9.87. The van der Waals surface area contributed by atoms with Gasteiger partial charge in [0.1, 0.15) is 5.70 Å². The van der Waals surface area contributed by atoms with E-state index in [1.54, 1.807) is 5.01 Å². The maximum atomic E-state index is 6.72. The first-order chi connectivity index (χ1) is 14.7. The van der Waals surface area contributed by atoms with Crippen LogP contribution in [0.15, 0.2) is 60.3 Å². The van der Waals surface area contributed by atoms with E-state index in [1.165, 1.54) is 5.56 Å². The lowest BCUT2D eigenvalue weighted by Crippen LogP contribution is -2.32. The smallest absolute Gasteiger partial charge is 0.163 e. The lowest BCUT2D eigenvalue weighted by Gasteiger charge is -2.27. The molecule has 0 saturated carbocycles. The van der Waals surface area contributed by atoms with Crippen LogP contribution in [0.3, 0.4) is 0 Å². The highest BCUT2D eigenvalue weighted by atomic mass is 35.5. The molecular formula is C25H23ClN4. The fourth-order valence-corrected chi connectivity index (χ4v) is 4.62. The third-order valence-corrected chi connectivity index (χ3v) is 6.30. The average Bonchev–Trinajstić information content (AvgIpc) is 3.26. The highest BCUT2D eigenvalue weighted by Crippen LogP contribution is 2.38. The zero-order valence-electron chi connectivity index (χ0n) is 16.9. The number of hydrogen-bond donors (Lipinski definition) is 1. The van der Waals surface area contributed by atoms with Crippen molar-refractivity contribution in [3.05, 3.63) is 87.7 Å². The second-order valence-electron chi connectivity index (χ2n) is 7.76. The van der Waals surface area contributed by atoms with E-state index in [9.17, 15) is 0 Å². The van der Waals surface area contributed by atoms with Gasteiger partial charge < -0.3 is 0 Å². The topological polar surface area (TPSA) is 55.0 Å². The number of rotatable bonds is 4. The molecule has 0 fully saturated rings. The fourth-order valence-electron chi connectivity index (χ4n) is 4.40. The number of hydrogen-bond acceptors (Lipinski definition) is 4. The predicted octanol–water partition coefficient (Wildman–Crippen LogP) is 5.67. The molecule has 0 saturated heterocycles. The van der Waals surface area contributed by atoms with Gasteiger partial charge in [0.05, 0.1) is 5.02 Å². The Labute approximate surface area is 181 Å². The van der Waals surface area contributed by atoms with Crippen LogP contribution >= 0.6 is 11.6 Å². The summed E-state index contributed by atoms with van der Waals surface area (Å²) < 4.78 is 0. The van der Waals surface area contributed by atoms with E-state index in [1.807, 2.05) is 30.3 Å². The van der Waals surface area contributed by atoms with Crippen molar-refractivity contribution in [1.29, 1.82) is 0 Å². The number of fused-ring (bicyclic) bond motifs is 2. The van der Waals surface area contributed by atoms with E-state index >= 15 is 0 Å². The minimum Gasteiger partial charge on any atom is -0.253 e. The van der Waals surface area contributed by atoms with Gasteiger partial charge in [0.2, 0.25) is 0 Å². The zero-order chi connectivity index (χ0) is 20.7. The molecule has 1 unspecified atom stereocenters. The Morgan fingerprint density at radius 2 is 1.83 bits per heavy atom. The highest BCUT2D eigenvalue weighted by molar-refractivity contribution is 6.33. The van der Waals surface area contributed by atoms with E-state index in [2.05, 4.69) is 36.9 Å². The second-order valence-corrected chi connectivity index (χ2v) is 8.17. The highest BCUT2D eigenvalue weighted by Gasteiger charge is 2.27. The molecule has 30 heavy (non-hydrogen) atoms. The quantitative estimate of drug-likeness (QED) is 0.339. The van der Waals surface area contributed by atoms with Crippen molar-refractivity contribution in [1.82, 2.24) is 9.97 Å². The Hall–Kier alpha value is -2.91. The molecule has 0 radical (unpaired) electrons. The minimum absolute atomic E-state index is 0.355. The van der Waals surface area contributed by atoms with Gasteiger partial charge >= 0.3 is 0 Å². The van der Waals surface area contributed by atoms with Crippen molar-refractivity contribution in [2.75, 3.05) is 5.01 Å². The zero-order valence-corrected chi connectivity index (χ0v) is 17.7. The van der Waals surface area contributed by atoms with Gasteiger partial charge in [-0.25, -0.2) is 15.8 Å². The van der Waals surface area contributed by atoms with E-state index in [0.29, 0.717) is 16.8 Å². The van der Waals surface area contributed by atoms with Gasteiger partial charge in [-0.1, -0.05) is 60.7 Å². The Bertz CT molecular complexity index is 1190. The van der Waals surface area contributed by atoms with Gasteiger partial charge in [-0.2, -0.15) is 0 Å². The molecule has 0 aliphatic heterocycles. The molecule has 5 rings (SSSR count). The summed E-state index contributed by atoms with van der Waals surface area (Å²) in [5, 5.41) is 2.32. The van der Waals surface area contributed by atoms with Crippen LogP contribution in [0.1, 0.15) is 48.1 Å². The normalized spacial score (nSPS) is 16.8. The molecule has 1 heterocycles. The van der Waals surface area contributed by atoms with Gasteiger partial charge in [0, 0.05) is 28.3 Å². The summed E-state index contributed by atoms with van der Waals surface area (Å²) in [6, 6.07) is 16.1. The van der Waals surface area contributed by atoms with Crippen LogP contribution in [0.2, 0.25) is 5.02 Å². The molecule has 2 aromatic carbocycles. The van der Waals surface area contributed by atoms with Crippen LogP contribution in [0, 0.1) is 0 Å². The van der Waals surface area contributed by atoms with E-state index < -0.39 is 0 Å². The van der Waals surface area contributed by atoms with Crippen molar-refractivity contribution in [3.8, 4) is 11.4 Å². The van der Waals surface area contributed by atoms with Crippen molar-refractivity contribution < 1.29 is 0 Å². The number of allylic oxidation sites excluding steroid dienone is 1. The molecule has 4 nitrogen and oxygen atoms in total. The first kappa shape index (κ1) is 19.1. The van der Waals surface area contributed by atoms with Crippen molar-refractivity contribution in [2.24, 2.45) is 5.84 Å². The van der Waals surface area contributed by atoms with Crippen LogP contribution < -0.4 is 10.9 Å². The molecule has 2 aliphatic carbocycles. The Morgan fingerprint density at radius 3 is 2.63 bits per heavy atom. The Morgan fingerprint density at radius 1 is 1.07 bits per heavy atom. The number of anilines is 1. The Balaban J connectivity index is 1.66. The van der Waals surface area contributed by atoms with Crippen molar-refractivity contribution in [2.45, 2.75) is 38.5 Å². The lowest BCUT2D eigenvalue weighted by molar-refractivity contribution is 0.797. The summed E-state index contributed by atoms with van der Waals surface area (Å²) in [6.07, 6.45) is 6.06. The molecule has 5 heteroatoms. The summed E-state index contributed by atoms with van der Waals surface area (Å²) in [5.41, 5.74) is 9.68. The number of aryl methyl sites for hydroxylation is 1. The summed E-state index contributed by atoms with van der Waals surface area (Å²) in [7, 11) is 0. The molecule has 2 N–H and O–H groups in total. The Kier molecular flexibility index (Phi) is 4.92. The molecule has 1 aromatic heterocycles. The van der Waals surface area contributed by atoms with Gasteiger partial charge in [-0.05, 0) is 49.5 Å². The molecule has 0 bridgehead atoms. The van der Waals surface area contributed by atoms with E-state index in [0.717, 1.165) is 59.6 Å². The van der Waals surface area contributed by atoms with Gasteiger partial charge in [0.25, 0.3) is 0 Å². The van der Waals surface area contributed by atoms with Crippen molar-refractivity contribution in [3.63, 3.8) is 0 Å². The predicted molar refractivity (Wildman–Crippen MR) is 122 cm³/mol. The number of aromatic nitrogens is 2. The summed E-state index contributed by atoms with van der Waals surface area (Å²) in [4.78, 5) is 9.72. The van der Waals surface area contributed by atoms with Crippen LogP contribution in [-0.4, -0.2) is 9.97 Å². The van der Waals surface area contributed by atoms with Gasteiger partial charge in [-0.15, -0.1) is 0 Å². The number of halogens is 1. The van der Waals surface area contributed by atoms with Crippen LogP contribution in [0.5, 0.6) is 0 Å². The second kappa shape index (κ2) is 7.73. The molecule has 1 atom stereocenters. The number of benzene rings is 2. The molecule has 150 valence electrons.